The Balaban J connectivity index is 1.45. The lowest BCUT2D eigenvalue weighted by Gasteiger charge is -2.08. The minimum Gasteiger partial charge on any atom is -0.462 e. The number of hydrogen-bond donors (Lipinski definition) is 3. The number of anilines is 1. The molecule has 0 atom stereocenters. The predicted molar refractivity (Wildman–Crippen MR) is 113 cm³/mol. The van der Waals surface area contributed by atoms with Gasteiger partial charge in [0.15, 0.2) is 0 Å². The number of nitrogens with one attached hydrogen (secondary N) is 3. The largest absolute Gasteiger partial charge is 0.462 e. The number of H-pyrrole nitrogens is 1. The molecule has 150 valence electrons. The first-order valence-corrected chi connectivity index (χ1v) is 9.85. The van der Waals surface area contributed by atoms with Gasteiger partial charge in [0.25, 0.3) is 0 Å². The second kappa shape index (κ2) is 9.24. The Morgan fingerprint density at radius 3 is 2.69 bits per heavy atom. The molecule has 0 saturated carbocycles. The lowest BCUT2D eigenvalue weighted by Crippen LogP contribution is -2.35. The highest BCUT2D eigenvalue weighted by Gasteiger charge is 2.11. The summed E-state index contributed by atoms with van der Waals surface area (Å²) in [5, 5.41) is 12.1. The van der Waals surface area contributed by atoms with Gasteiger partial charge in [-0.3, -0.25) is 15.2 Å². The van der Waals surface area contributed by atoms with Crippen LogP contribution < -0.4 is 10.6 Å². The summed E-state index contributed by atoms with van der Waals surface area (Å²) in [6.45, 7) is 5.81. The molecule has 3 rings (SSSR count). The Morgan fingerprint density at radius 2 is 1.97 bits per heavy atom. The quantitative estimate of drug-likeness (QED) is 0.530. The number of amides is 3. The fourth-order valence-corrected chi connectivity index (χ4v) is 2.98. The lowest BCUT2D eigenvalue weighted by molar-refractivity contribution is -0.117. The van der Waals surface area contributed by atoms with Crippen molar-refractivity contribution in [1.29, 1.82) is 0 Å². The molecule has 29 heavy (non-hydrogen) atoms. The molecule has 0 unspecified atom stereocenters. The van der Waals surface area contributed by atoms with E-state index in [1.165, 1.54) is 0 Å². The average Bonchev–Trinajstić information content (AvgIpc) is 3.30. The molecular formula is C20H21N5O3S. The fourth-order valence-electron chi connectivity index (χ4n) is 2.38. The van der Waals surface area contributed by atoms with Gasteiger partial charge in [-0.1, -0.05) is 17.8 Å². The van der Waals surface area contributed by atoms with Gasteiger partial charge in [0.2, 0.25) is 11.1 Å². The molecule has 8 nitrogen and oxygen atoms in total. The van der Waals surface area contributed by atoms with Crippen molar-refractivity contribution in [3.63, 3.8) is 0 Å². The molecule has 0 aliphatic rings. The van der Waals surface area contributed by atoms with Crippen molar-refractivity contribution in [1.82, 2.24) is 20.5 Å². The van der Waals surface area contributed by atoms with Crippen LogP contribution in [0.15, 0.2) is 39.9 Å². The molecule has 0 aliphatic carbocycles. The van der Waals surface area contributed by atoms with Crippen LogP contribution in [0, 0.1) is 20.8 Å². The topological polar surface area (TPSA) is 113 Å². The predicted octanol–water partition coefficient (Wildman–Crippen LogP) is 3.93. The molecule has 3 aromatic rings. The molecule has 2 aromatic heterocycles. The molecular weight excluding hydrogens is 390 g/mol. The maximum absolute atomic E-state index is 12.0. The highest BCUT2D eigenvalue weighted by molar-refractivity contribution is 7.99. The standard InChI is InChI=1S/C20H21N5O3S/c1-12-4-6-15(10-13(12)2)21-19(27)23-18(26)11-29-20-22-17(24-25-20)9-8-16-7-5-14(3)28-16/h4-10H,11H2,1-3H3,(H,22,24,25)(H2,21,23,26,27)/b9-8+. The molecule has 3 N–H and O–H groups in total. The van der Waals surface area contributed by atoms with E-state index in [4.69, 9.17) is 4.42 Å². The first kappa shape index (κ1) is 20.4. The fraction of sp³-hybridized carbons (Fsp3) is 0.200. The second-order valence-corrected chi connectivity index (χ2v) is 7.32. The maximum atomic E-state index is 12.0. The monoisotopic (exact) mass is 411 g/mol. The molecule has 3 amide bonds. The van der Waals surface area contributed by atoms with Gasteiger partial charge in [-0.2, -0.15) is 0 Å². The van der Waals surface area contributed by atoms with Crippen molar-refractivity contribution in [3.8, 4) is 0 Å². The summed E-state index contributed by atoms with van der Waals surface area (Å²) in [7, 11) is 0. The second-order valence-electron chi connectivity index (χ2n) is 6.37. The zero-order chi connectivity index (χ0) is 20.8. The van der Waals surface area contributed by atoms with Crippen molar-refractivity contribution in [2.45, 2.75) is 25.9 Å². The van der Waals surface area contributed by atoms with Gasteiger partial charge in [-0.05, 0) is 68.3 Å². The van der Waals surface area contributed by atoms with Gasteiger partial charge in [-0.15, -0.1) is 5.10 Å². The zero-order valence-electron chi connectivity index (χ0n) is 16.3. The minimum atomic E-state index is -0.578. The van der Waals surface area contributed by atoms with E-state index in [0.717, 1.165) is 28.6 Å². The van der Waals surface area contributed by atoms with Crippen molar-refractivity contribution >= 4 is 41.5 Å². The van der Waals surface area contributed by atoms with Crippen LogP contribution in [0.2, 0.25) is 0 Å². The molecule has 0 radical (unpaired) electrons. The van der Waals surface area contributed by atoms with Gasteiger partial charge in [0.1, 0.15) is 17.3 Å². The van der Waals surface area contributed by atoms with Gasteiger partial charge in [-0.25, -0.2) is 9.78 Å². The number of aryl methyl sites for hydroxylation is 3. The smallest absolute Gasteiger partial charge is 0.325 e. The number of rotatable bonds is 6. The van der Waals surface area contributed by atoms with Crippen molar-refractivity contribution < 1.29 is 14.0 Å². The average molecular weight is 411 g/mol. The van der Waals surface area contributed by atoms with Crippen LogP contribution in [0.1, 0.15) is 28.5 Å². The number of furan rings is 1. The van der Waals surface area contributed by atoms with Gasteiger partial charge in [0.05, 0.1) is 5.75 Å². The van der Waals surface area contributed by atoms with E-state index in [9.17, 15) is 9.59 Å². The highest BCUT2D eigenvalue weighted by Crippen LogP contribution is 2.15. The van der Waals surface area contributed by atoms with Crippen LogP contribution in [0.3, 0.4) is 0 Å². The third kappa shape index (κ3) is 6.08. The van der Waals surface area contributed by atoms with Gasteiger partial charge in [0, 0.05) is 5.69 Å². The third-order valence-corrected chi connectivity index (χ3v) is 4.85. The SMILES string of the molecule is Cc1ccc(/C=C/c2nc(SCC(=O)NC(=O)Nc3ccc(C)c(C)c3)n[nH]2)o1. The third-order valence-electron chi connectivity index (χ3n) is 4.00. The summed E-state index contributed by atoms with van der Waals surface area (Å²) in [4.78, 5) is 28.2. The van der Waals surface area contributed by atoms with Crippen LogP contribution in [0.5, 0.6) is 0 Å². The molecule has 0 aliphatic heterocycles. The van der Waals surface area contributed by atoms with E-state index < -0.39 is 11.9 Å². The number of carbonyl (C=O) groups excluding carboxylic acids is 2. The summed E-state index contributed by atoms with van der Waals surface area (Å²) in [6.07, 6.45) is 3.50. The minimum absolute atomic E-state index is 0.0126. The van der Waals surface area contributed by atoms with Crippen LogP contribution >= 0.6 is 11.8 Å². The van der Waals surface area contributed by atoms with Crippen molar-refractivity contribution in [2.24, 2.45) is 0 Å². The number of aromatic nitrogens is 3. The van der Waals surface area contributed by atoms with Crippen molar-refractivity contribution in [2.75, 3.05) is 11.1 Å². The maximum Gasteiger partial charge on any atom is 0.325 e. The van der Waals surface area contributed by atoms with E-state index in [0.29, 0.717) is 22.4 Å². The number of carbonyl (C=O) groups is 2. The molecule has 0 spiro atoms. The summed E-state index contributed by atoms with van der Waals surface area (Å²) in [6, 6.07) is 8.69. The normalized spacial score (nSPS) is 11.0. The molecule has 1 aromatic carbocycles. The molecule has 0 saturated heterocycles. The Kier molecular flexibility index (Phi) is 6.50. The Labute approximate surface area is 172 Å². The number of nitrogens with zero attached hydrogens (tertiary/aromatic N) is 2. The summed E-state index contributed by atoms with van der Waals surface area (Å²) >= 11 is 1.12. The van der Waals surface area contributed by atoms with E-state index >= 15 is 0 Å². The van der Waals surface area contributed by atoms with Crippen LogP contribution in [0.25, 0.3) is 12.2 Å². The number of benzene rings is 1. The zero-order valence-corrected chi connectivity index (χ0v) is 17.1. The van der Waals surface area contributed by atoms with Crippen molar-refractivity contribution in [3.05, 3.63) is 58.8 Å². The van der Waals surface area contributed by atoms with Gasteiger partial charge < -0.3 is 9.73 Å². The molecule has 9 heteroatoms. The first-order chi connectivity index (χ1) is 13.9. The van der Waals surface area contributed by atoms with E-state index in [1.807, 2.05) is 45.0 Å². The number of urea groups is 1. The Hall–Kier alpha value is -3.33. The Morgan fingerprint density at radius 1 is 1.14 bits per heavy atom. The summed E-state index contributed by atoms with van der Waals surface area (Å²) in [5.41, 5.74) is 2.81. The van der Waals surface area contributed by atoms with Gasteiger partial charge >= 0.3 is 6.03 Å². The number of hydrogen-bond acceptors (Lipinski definition) is 6. The van der Waals surface area contributed by atoms with Crippen LogP contribution in [0.4, 0.5) is 10.5 Å². The number of thioether (sulfide) groups is 1. The van der Waals surface area contributed by atoms with E-state index in [1.54, 1.807) is 18.2 Å². The number of imide groups is 1. The molecule has 2 heterocycles. The first-order valence-electron chi connectivity index (χ1n) is 8.87. The Bertz CT molecular complexity index is 1050. The highest BCUT2D eigenvalue weighted by atomic mass is 32.2. The number of aromatic amines is 1. The molecule has 0 bridgehead atoms. The molecule has 0 fully saturated rings. The van der Waals surface area contributed by atoms with E-state index in [2.05, 4.69) is 25.8 Å². The lowest BCUT2D eigenvalue weighted by atomic mass is 10.1. The van der Waals surface area contributed by atoms with Crippen LogP contribution in [-0.4, -0.2) is 32.9 Å². The summed E-state index contributed by atoms with van der Waals surface area (Å²) < 4.78 is 5.44. The van der Waals surface area contributed by atoms with Crippen LogP contribution in [-0.2, 0) is 4.79 Å². The summed E-state index contributed by atoms with van der Waals surface area (Å²) in [5.74, 6) is 1.64. The van der Waals surface area contributed by atoms with E-state index in [-0.39, 0.29) is 5.75 Å².